The second-order valence-electron chi connectivity index (χ2n) is 3.91. The molecular formula is C12H20BrNS. The van der Waals surface area contributed by atoms with Crippen molar-refractivity contribution in [2.75, 3.05) is 6.54 Å². The van der Waals surface area contributed by atoms with Gasteiger partial charge < -0.3 is 5.32 Å². The lowest BCUT2D eigenvalue weighted by atomic mass is 9.94. The maximum Gasteiger partial charge on any atom is 0.0314 e. The number of thiophene rings is 1. The van der Waals surface area contributed by atoms with E-state index in [0.29, 0.717) is 6.04 Å². The summed E-state index contributed by atoms with van der Waals surface area (Å²) < 4.78 is 1.27. The molecule has 0 aliphatic rings. The second kappa shape index (κ2) is 6.66. The highest BCUT2D eigenvalue weighted by Gasteiger charge is 2.16. The molecule has 1 N–H and O–H groups in total. The van der Waals surface area contributed by atoms with E-state index in [-0.39, 0.29) is 0 Å². The third kappa shape index (κ3) is 3.89. The van der Waals surface area contributed by atoms with Crippen LogP contribution < -0.4 is 5.32 Å². The van der Waals surface area contributed by atoms with E-state index >= 15 is 0 Å². The predicted molar refractivity (Wildman–Crippen MR) is 72.6 cm³/mol. The van der Waals surface area contributed by atoms with Crippen molar-refractivity contribution in [1.29, 1.82) is 0 Å². The average molecular weight is 290 g/mol. The Bertz CT molecular complexity index is 285. The minimum atomic E-state index is 0.606. The zero-order valence-electron chi connectivity index (χ0n) is 9.72. The molecule has 0 fully saturated rings. The molecule has 0 spiro atoms. The van der Waals surface area contributed by atoms with Gasteiger partial charge in [0.15, 0.2) is 0 Å². The molecule has 86 valence electrons. The van der Waals surface area contributed by atoms with Crippen molar-refractivity contribution >= 4 is 27.3 Å². The third-order valence-corrected chi connectivity index (χ3v) is 4.84. The summed E-state index contributed by atoms with van der Waals surface area (Å²) in [4.78, 5) is 1.48. The molecule has 0 aromatic carbocycles. The Labute approximate surface area is 105 Å². The maximum absolute atomic E-state index is 3.60. The SMILES string of the molecule is CCNC(C)C(CC)Cc1sccc1Br. The van der Waals surface area contributed by atoms with Crippen LogP contribution in [0.4, 0.5) is 0 Å². The molecule has 0 bridgehead atoms. The van der Waals surface area contributed by atoms with E-state index in [4.69, 9.17) is 0 Å². The molecule has 0 aliphatic carbocycles. The molecule has 15 heavy (non-hydrogen) atoms. The fraction of sp³-hybridized carbons (Fsp3) is 0.667. The maximum atomic E-state index is 3.60. The van der Waals surface area contributed by atoms with Gasteiger partial charge in [-0.3, -0.25) is 0 Å². The van der Waals surface area contributed by atoms with Crippen molar-refractivity contribution in [3.05, 3.63) is 20.8 Å². The highest BCUT2D eigenvalue weighted by molar-refractivity contribution is 9.10. The molecule has 0 aliphatic heterocycles. The summed E-state index contributed by atoms with van der Waals surface area (Å²) in [5.74, 6) is 0.736. The zero-order valence-corrected chi connectivity index (χ0v) is 12.1. The number of halogens is 1. The van der Waals surface area contributed by atoms with Crippen LogP contribution in [0.5, 0.6) is 0 Å². The Morgan fingerprint density at radius 3 is 2.67 bits per heavy atom. The Morgan fingerprint density at radius 2 is 2.20 bits per heavy atom. The first-order chi connectivity index (χ1) is 7.19. The van der Waals surface area contributed by atoms with E-state index in [9.17, 15) is 0 Å². The van der Waals surface area contributed by atoms with Gasteiger partial charge in [-0.2, -0.15) is 0 Å². The quantitative estimate of drug-likeness (QED) is 0.832. The van der Waals surface area contributed by atoms with Crippen LogP contribution >= 0.6 is 27.3 Å². The van der Waals surface area contributed by atoms with E-state index in [1.165, 1.54) is 22.2 Å². The molecule has 3 heteroatoms. The van der Waals surface area contributed by atoms with Gasteiger partial charge in [0.2, 0.25) is 0 Å². The molecule has 1 aromatic heterocycles. The lowest BCUT2D eigenvalue weighted by Gasteiger charge is -2.23. The Morgan fingerprint density at radius 1 is 1.47 bits per heavy atom. The fourth-order valence-corrected chi connectivity index (χ4v) is 3.48. The van der Waals surface area contributed by atoms with Crippen LogP contribution in [-0.2, 0) is 6.42 Å². The summed E-state index contributed by atoms with van der Waals surface area (Å²) in [7, 11) is 0. The van der Waals surface area contributed by atoms with Crippen LogP contribution in [-0.4, -0.2) is 12.6 Å². The Hall–Kier alpha value is 0.140. The van der Waals surface area contributed by atoms with Gasteiger partial charge in [0.25, 0.3) is 0 Å². The zero-order chi connectivity index (χ0) is 11.3. The van der Waals surface area contributed by atoms with Crippen LogP contribution in [0.1, 0.15) is 32.1 Å². The van der Waals surface area contributed by atoms with E-state index in [0.717, 1.165) is 12.5 Å². The summed E-state index contributed by atoms with van der Waals surface area (Å²) in [5, 5.41) is 5.67. The molecule has 0 amide bonds. The van der Waals surface area contributed by atoms with Gasteiger partial charge in [-0.05, 0) is 53.2 Å². The normalized spacial score (nSPS) is 15.2. The molecule has 1 heterocycles. The van der Waals surface area contributed by atoms with Gasteiger partial charge in [0, 0.05) is 15.4 Å². The molecule has 1 nitrogen and oxygen atoms in total. The van der Waals surface area contributed by atoms with E-state index < -0.39 is 0 Å². The van der Waals surface area contributed by atoms with Crippen LogP contribution in [0.25, 0.3) is 0 Å². The van der Waals surface area contributed by atoms with E-state index in [1.807, 2.05) is 11.3 Å². The molecule has 0 saturated carbocycles. The second-order valence-corrected chi connectivity index (χ2v) is 5.77. The third-order valence-electron chi connectivity index (χ3n) is 2.90. The van der Waals surface area contributed by atoms with Crippen molar-refractivity contribution in [2.45, 2.75) is 39.7 Å². The summed E-state index contributed by atoms with van der Waals surface area (Å²) in [6.07, 6.45) is 2.42. The van der Waals surface area contributed by atoms with Crippen molar-refractivity contribution < 1.29 is 0 Å². The highest BCUT2D eigenvalue weighted by Crippen LogP contribution is 2.27. The van der Waals surface area contributed by atoms with Gasteiger partial charge in [-0.25, -0.2) is 0 Å². The first-order valence-electron chi connectivity index (χ1n) is 5.64. The van der Waals surface area contributed by atoms with Crippen LogP contribution in [0.3, 0.4) is 0 Å². The van der Waals surface area contributed by atoms with Crippen LogP contribution in [0, 0.1) is 5.92 Å². The van der Waals surface area contributed by atoms with E-state index in [1.54, 1.807) is 0 Å². The van der Waals surface area contributed by atoms with E-state index in [2.05, 4.69) is 53.5 Å². The summed E-state index contributed by atoms with van der Waals surface area (Å²) >= 11 is 5.46. The number of hydrogen-bond donors (Lipinski definition) is 1. The highest BCUT2D eigenvalue weighted by atomic mass is 79.9. The van der Waals surface area contributed by atoms with Gasteiger partial charge in [0.1, 0.15) is 0 Å². The van der Waals surface area contributed by atoms with Crippen LogP contribution in [0.2, 0.25) is 0 Å². The smallest absolute Gasteiger partial charge is 0.0314 e. The average Bonchev–Trinajstić information content (AvgIpc) is 2.61. The van der Waals surface area contributed by atoms with Crippen molar-refractivity contribution in [1.82, 2.24) is 5.32 Å². The molecule has 1 aromatic rings. The van der Waals surface area contributed by atoms with Gasteiger partial charge in [0.05, 0.1) is 0 Å². The molecular weight excluding hydrogens is 270 g/mol. The molecule has 2 unspecified atom stereocenters. The fourth-order valence-electron chi connectivity index (χ4n) is 1.87. The van der Waals surface area contributed by atoms with Crippen molar-refractivity contribution in [3.63, 3.8) is 0 Å². The molecule has 2 atom stereocenters. The first kappa shape index (κ1) is 13.2. The summed E-state index contributed by atoms with van der Waals surface area (Å²) in [6, 6.07) is 2.75. The first-order valence-corrected chi connectivity index (χ1v) is 7.31. The Kier molecular flexibility index (Phi) is 5.87. The van der Waals surface area contributed by atoms with Crippen LogP contribution in [0.15, 0.2) is 15.9 Å². The van der Waals surface area contributed by atoms with Crippen molar-refractivity contribution in [2.24, 2.45) is 5.92 Å². The summed E-state index contributed by atoms with van der Waals surface area (Å²) in [5.41, 5.74) is 0. The molecule has 1 rings (SSSR count). The van der Waals surface area contributed by atoms with Gasteiger partial charge in [-0.1, -0.05) is 20.3 Å². The number of nitrogens with one attached hydrogen (secondary N) is 1. The Balaban J connectivity index is 2.57. The lowest BCUT2D eigenvalue weighted by molar-refractivity contribution is 0.369. The number of hydrogen-bond acceptors (Lipinski definition) is 2. The number of rotatable bonds is 6. The minimum Gasteiger partial charge on any atom is -0.314 e. The van der Waals surface area contributed by atoms with Crippen molar-refractivity contribution in [3.8, 4) is 0 Å². The molecule has 0 radical (unpaired) electrons. The van der Waals surface area contributed by atoms with Gasteiger partial charge in [-0.15, -0.1) is 11.3 Å². The predicted octanol–water partition coefficient (Wildman–Crippen LogP) is 4.08. The molecule has 0 saturated heterocycles. The summed E-state index contributed by atoms with van der Waals surface area (Å²) in [6.45, 7) is 7.80. The largest absolute Gasteiger partial charge is 0.314 e. The van der Waals surface area contributed by atoms with Gasteiger partial charge >= 0.3 is 0 Å². The lowest BCUT2D eigenvalue weighted by Crippen LogP contribution is -2.34. The monoisotopic (exact) mass is 289 g/mol. The standard InChI is InChI=1S/C12H20BrNS/c1-4-10(9(3)14-5-2)8-12-11(13)6-7-15-12/h6-7,9-10,14H,4-5,8H2,1-3H3. The minimum absolute atomic E-state index is 0.606. The topological polar surface area (TPSA) is 12.0 Å².